The first-order chi connectivity index (χ1) is 7.90. The molecule has 5 nitrogen and oxygen atoms in total. The summed E-state index contributed by atoms with van der Waals surface area (Å²) in [6.45, 7) is 7.57. The smallest absolute Gasteiger partial charge is 0.410 e. The van der Waals surface area contributed by atoms with Crippen molar-refractivity contribution in [3.8, 4) is 0 Å². The van der Waals surface area contributed by atoms with E-state index in [-0.39, 0.29) is 6.61 Å². The molecule has 0 aromatic carbocycles. The van der Waals surface area contributed by atoms with Gasteiger partial charge >= 0.3 is 12.1 Å². The third-order valence-electron chi connectivity index (χ3n) is 2.57. The van der Waals surface area contributed by atoms with Crippen molar-refractivity contribution in [2.75, 3.05) is 18.9 Å². The number of carboxylic acid groups (broad SMARTS) is 1. The van der Waals surface area contributed by atoms with Crippen LogP contribution < -0.4 is 0 Å². The third kappa shape index (κ3) is 3.15. The fraction of sp³-hybridized carbons (Fsp3) is 0.636. The minimum Gasteiger partial charge on any atom is -0.480 e. The second-order valence-corrected chi connectivity index (χ2v) is 6.00. The summed E-state index contributed by atoms with van der Waals surface area (Å²) >= 11 is 1.55. The van der Waals surface area contributed by atoms with Crippen LogP contribution >= 0.6 is 11.8 Å². The van der Waals surface area contributed by atoms with Crippen molar-refractivity contribution in [3.05, 3.63) is 12.7 Å². The van der Waals surface area contributed by atoms with Crippen molar-refractivity contribution < 1.29 is 19.4 Å². The summed E-state index contributed by atoms with van der Waals surface area (Å²) in [5.41, 5.74) is 0. The van der Waals surface area contributed by atoms with Crippen LogP contribution in [0.3, 0.4) is 0 Å². The van der Waals surface area contributed by atoms with E-state index in [9.17, 15) is 14.7 Å². The van der Waals surface area contributed by atoms with E-state index in [1.165, 1.54) is 11.0 Å². The molecule has 17 heavy (non-hydrogen) atoms. The molecule has 0 aromatic heterocycles. The number of carboxylic acids is 1. The van der Waals surface area contributed by atoms with Crippen molar-refractivity contribution in [1.82, 2.24) is 4.90 Å². The summed E-state index contributed by atoms with van der Waals surface area (Å²) in [6.07, 6.45) is 0.864. The summed E-state index contributed by atoms with van der Waals surface area (Å²) in [4.78, 5) is 24.3. The maximum Gasteiger partial charge on any atom is 0.410 e. The predicted molar refractivity (Wildman–Crippen MR) is 66.2 cm³/mol. The molecular formula is C11H17NO4S. The standard InChI is InChI=1S/C11H17NO4S/c1-4-6-16-10(15)12-5-7-17-11(2,3)8(12)9(13)14/h4,8H,1,5-7H2,2-3H3,(H,13,14)/t8-/m0/s1. The van der Waals surface area contributed by atoms with Gasteiger partial charge < -0.3 is 9.84 Å². The van der Waals surface area contributed by atoms with E-state index in [4.69, 9.17) is 4.74 Å². The van der Waals surface area contributed by atoms with Gasteiger partial charge in [0.15, 0.2) is 0 Å². The van der Waals surface area contributed by atoms with Gasteiger partial charge in [-0.25, -0.2) is 9.59 Å². The zero-order chi connectivity index (χ0) is 13.1. The molecule has 0 aromatic rings. The van der Waals surface area contributed by atoms with Gasteiger partial charge in [0.2, 0.25) is 0 Å². The summed E-state index contributed by atoms with van der Waals surface area (Å²) in [5, 5.41) is 9.24. The normalized spacial score (nSPS) is 22.9. The van der Waals surface area contributed by atoms with E-state index in [2.05, 4.69) is 6.58 Å². The number of hydrogen-bond acceptors (Lipinski definition) is 4. The SMILES string of the molecule is C=CCOC(=O)N1CCSC(C)(C)[C@@H]1C(=O)O. The predicted octanol–water partition coefficient (Wildman–Crippen LogP) is 1.59. The molecule has 1 atom stereocenters. The number of rotatable bonds is 3. The lowest BCUT2D eigenvalue weighted by molar-refractivity contribution is -0.143. The Kier molecular flexibility index (Phi) is 4.45. The number of thioether (sulfide) groups is 1. The minimum absolute atomic E-state index is 0.0925. The number of nitrogens with zero attached hydrogens (tertiary/aromatic N) is 1. The molecular weight excluding hydrogens is 242 g/mol. The van der Waals surface area contributed by atoms with E-state index < -0.39 is 22.9 Å². The summed E-state index contributed by atoms with van der Waals surface area (Å²) < 4.78 is 4.38. The Morgan fingerprint density at radius 3 is 2.82 bits per heavy atom. The molecule has 0 spiro atoms. The van der Waals surface area contributed by atoms with Gasteiger partial charge in [-0.05, 0) is 13.8 Å². The molecule has 1 N–H and O–H groups in total. The number of aliphatic carboxylic acids is 1. The minimum atomic E-state index is -1.00. The highest BCUT2D eigenvalue weighted by Crippen LogP contribution is 2.35. The van der Waals surface area contributed by atoms with Crippen LogP contribution in [0.25, 0.3) is 0 Å². The average Bonchev–Trinajstić information content (AvgIpc) is 2.23. The van der Waals surface area contributed by atoms with Gasteiger partial charge in [0.1, 0.15) is 12.6 Å². The summed E-state index contributed by atoms with van der Waals surface area (Å²) in [5.74, 6) is -0.294. The number of amides is 1. The number of carbonyl (C=O) groups is 2. The highest BCUT2D eigenvalue weighted by molar-refractivity contribution is 8.00. The molecule has 0 radical (unpaired) electrons. The highest BCUT2D eigenvalue weighted by atomic mass is 32.2. The fourth-order valence-electron chi connectivity index (χ4n) is 1.83. The second kappa shape index (κ2) is 5.44. The van der Waals surface area contributed by atoms with Crippen molar-refractivity contribution in [3.63, 3.8) is 0 Å². The topological polar surface area (TPSA) is 66.8 Å². The molecule has 1 aliphatic heterocycles. The van der Waals surface area contributed by atoms with Crippen molar-refractivity contribution >= 4 is 23.8 Å². The number of ether oxygens (including phenoxy) is 1. The Morgan fingerprint density at radius 1 is 1.65 bits per heavy atom. The largest absolute Gasteiger partial charge is 0.480 e. The van der Waals surface area contributed by atoms with Crippen molar-refractivity contribution in [2.24, 2.45) is 0 Å². The second-order valence-electron chi connectivity index (χ2n) is 4.25. The Morgan fingerprint density at radius 2 is 2.29 bits per heavy atom. The lowest BCUT2D eigenvalue weighted by atomic mass is 10.0. The molecule has 0 aliphatic carbocycles. The molecule has 6 heteroatoms. The summed E-state index contributed by atoms with van der Waals surface area (Å²) in [7, 11) is 0. The Balaban J connectivity index is 2.84. The molecule has 0 unspecified atom stereocenters. The van der Waals surface area contributed by atoms with Gasteiger partial charge in [-0.15, -0.1) is 0 Å². The maximum absolute atomic E-state index is 11.7. The van der Waals surface area contributed by atoms with E-state index >= 15 is 0 Å². The van der Waals surface area contributed by atoms with Gasteiger partial charge in [0.05, 0.1) is 0 Å². The van der Waals surface area contributed by atoms with Crippen LogP contribution in [0.1, 0.15) is 13.8 Å². The van der Waals surface area contributed by atoms with E-state index in [1.807, 2.05) is 13.8 Å². The highest BCUT2D eigenvalue weighted by Gasteiger charge is 2.45. The number of hydrogen-bond donors (Lipinski definition) is 1. The molecule has 1 heterocycles. The van der Waals surface area contributed by atoms with Gasteiger partial charge in [0, 0.05) is 17.0 Å². The maximum atomic E-state index is 11.7. The van der Waals surface area contributed by atoms with Crippen LogP contribution in [0.4, 0.5) is 4.79 Å². The lowest BCUT2D eigenvalue weighted by Crippen LogP contribution is -2.58. The molecule has 1 saturated heterocycles. The lowest BCUT2D eigenvalue weighted by Gasteiger charge is -2.42. The Bertz CT molecular complexity index is 329. The Hall–Kier alpha value is -1.17. The van der Waals surface area contributed by atoms with E-state index in [0.29, 0.717) is 12.3 Å². The first-order valence-corrected chi connectivity index (χ1v) is 6.29. The molecule has 1 rings (SSSR count). The van der Waals surface area contributed by atoms with Gasteiger partial charge in [-0.1, -0.05) is 12.7 Å². The van der Waals surface area contributed by atoms with Crippen molar-refractivity contribution in [2.45, 2.75) is 24.6 Å². The fourth-order valence-corrected chi connectivity index (χ4v) is 3.03. The van der Waals surface area contributed by atoms with Crippen LogP contribution in [0, 0.1) is 0 Å². The van der Waals surface area contributed by atoms with Crippen LogP contribution in [0.2, 0.25) is 0 Å². The first-order valence-electron chi connectivity index (χ1n) is 5.31. The third-order valence-corrected chi connectivity index (χ3v) is 3.92. The van der Waals surface area contributed by atoms with Gasteiger partial charge in [0.25, 0.3) is 0 Å². The molecule has 1 amide bonds. The van der Waals surface area contributed by atoms with Crippen LogP contribution in [0.15, 0.2) is 12.7 Å². The van der Waals surface area contributed by atoms with Crippen LogP contribution in [-0.2, 0) is 9.53 Å². The van der Waals surface area contributed by atoms with Gasteiger partial charge in [-0.3, -0.25) is 4.90 Å². The van der Waals surface area contributed by atoms with Gasteiger partial charge in [-0.2, -0.15) is 11.8 Å². The molecule has 1 aliphatic rings. The first kappa shape index (κ1) is 13.9. The molecule has 0 bridgehead atoms. The van der Waals surface area contributed by atoms with Crippen molar-refractivity contribution in [1.29, 1.82) is 0 Å². The molecule has 1 fully saturated rings. The average molecular weight is 259 g/mol. The summed E-state index contributed by atoms with van der Waals surface area (Å²) in [6, 6.07) is -0.862. The monoisotopic (exact) mass is 259 g/mol. The zero-order valence-corrected chi connectivity index (χ0v) is 10.8. The number of carbonyl (C=O) groups excluding carboxylic acids is 1. The van der Waals surface area contributed by atoms with Crippen LogP contribution in [0.5, 0.6) is 0 Å². The molecule has 0 saturated carbocycles. The zero-order valence-electron chi connectivity index (χ0n) is 10.0. The van der Waals surface area contributed by atoms with Crippen LogP contribution in [-0.4, -0.2) is 51.8 Å². The quantitative estimate of drug-likeness (QED) is 0.780. The van der Waals surface area contributed by atoms with E-state index in [1.54, 1.807) is 11.8 Å². The van der Waals surface area contributed by atoms with E-state index in [0.717, 1.165) is 0 Å². The Labute approximate surface area is 105 Å². The molecule has 96 valence electrons.